The van der Waals surface area contributed by atoms with Crippen LogP contribution in [0.25, 0.3) is 0 Å². The molecule has 0 aromatic carbocycles. The Kier molecular flexibility index (Phi) is 3.96. The number of allylic oxidation sites excluding steroid dienone is 2. The minimum absolute atomic E-state index is 0.207. The maximum Gasteiger partial charge on any atom is 0.247 e. The molecular formula is C8H11NO. The van der Waals surface area contributed by atoms with Gasteiger partial charge < -0.3 is 5.32 Å². The van der Waals surface area contributed by atoms with Crippen molar-refractivity contribution in [1.29, 1.82) is 0 Å². The molecule has 0 aromatic rings. The normalized spacial score (nSPS) is 10.3. The van der Waals surface area contributed by atoms with Crippen molar-refractivity contribution in [3.63, 3.8) is 0 Å². The summed E-state index contributed by atoms with van der Waals surface area (Å²) in [5, 5.41) is 2.49. The van der Waals surface area contributed by atoms with Gasteiger partial charge in [0.1, 0.15) is 0 Å². The van der Waals surface area contributed by atoms with E-state index in [2.05, 4.69) is 18.5 Å². The van der Waals surface area contributed by atoms with Gasteiger partial charge in [-0.2, -0.15) is 0 Å². The Morgan fingerprint density at radius 1 is 1.40 bits per heavy atom. The second-order valence-corrected chi connectivity index (χ2v) is 1.81. The molecule has 0 unspecified atom stereocenters. The van der Waals surface area contributed by atoms with E-state index in [1.807, 2.05) is 6.92 Å². The van der Waals surface area contributed by atoms with Crippen molar-refractivity contribution in [3.05, 3.63) is 37.1 Å². The van der Waals surface area contributed by atoms with Crippen LogP contribution in [0.1, 0.15) is 6.92 Å². The Morgan fingerprint density at radius 3 is 2.40 bits per heavy atom. The van der Waals surface area contributed by atoms with Gasteiger partial charge in [0, 0.05) is 6.20 Å². The third kappa shape index (κ3) is 3.66. The zero-order chi connectivity index (χ0) is 7.98. The Hall–Kier alpha value is -1.31. The molecule has 0 spiro atoms. The van der Waals surface area contributed by atoms with Gasteiger partial charge in [0.25, 0.3) is 0 Å². The molecular weight excluding hydrogens is 126 g/mol. The zero-order valence-corrected chi connectivity index (χ0v) is 6.05. The molecule has 2 heteroatoms. The third-order valence-electron chi connectivity index (χ3n) is 0.949. The van der Waals surface area contributed by atoms with Crippen LogP contribution in [0.3, 0.4) is 0 Å². The number of nitrogens with one attached hydrogen (secondary N) is 1. The minimum atomic E-state index is -0.207. The highest BCUT2D eigenvalue weighted by molar-refractivity contribution is 5.87. The number of carbonyl (C=O) groups is 1. The van der Waals surface area contributed by atoms with Gasteiger partial charge in [-0.1, -0.05) is 19.2 Å². The molecule has 0 heterocycles. The first-order valence-electron chi connectivity index (χ1n) is 2.93. The molecule has 0 atom stereocenters. The highest BCUT2D eigenvalue weighted by atomic mass is 16.1. The Bertz CT molecular complexity index is 180. The van der Waals surface area contributed by atoms with Gasteiger partial charge in [-0.15, -0.1) is 0 Å². The fourth-order valence-electron chi connectivity index (χ4n) is 0.303. The number of amides is 1. The van der Waals surface area contributed by atoms with Crippen molar-refractivity contribution < 1.29 is 4.79 Å². The lowest BCUT2D eigenvalue weighted by Gasteiger charge is -1.92. The van der Waals surface area contributed by atoms with Gasteiger partial charge in [0.15, 0.2) is 0 Å². The molecule has 1 amide bonds. The lowest BCUT2D eigenvalue weighted by molar-refractivity contribution is -0.115. The summed E-state index contributed by atoms with van der Waals surface area (Å²) in [6.07, 6.45) is 4.45. The lowest BCUT2D eigenvalue weighted by Crippen LogP contribution is -2.13. The number of carbonyl (C=O) groups excluding carboxylic acids is 1. The number of rotatable bonds is 3. The molecule has 0 rings (SSSR count). The Balaban J connectivity index is 3.82. The minimum Gasteiger partial charge on any atom is -0.329 e. The molecule has 0 bridgehead atoms. The van der Waals surface area contributed by atoms with Gasteiger partial charge in [0.2, 0.25) is 5.91 Å². The standard InChI is InChI=1S/C8H11NO/c1-4-7(3)6-9-8(10)5-2/h4-6H,1-2H2,3H3,(H,9,10)/b7-6-. The van der Waals surface area contributed by atoms with Crippen LogP contribution in [-0.2, 0) is 4.79 Å². The topological polar surface area (TPSA) is 29.1 Å². The maximum atomic E-state index is 10.5. The first-order chi connectivity index (χ1) is 4.70. The molecule has 0 saturated carbocycles. The smallest absolute Gasteiger partial charge is 0.247 e. The summed E-state index contributed by atoms with van der Waals surface area (Å²) in [4.78, 5) is 10.5. The van der Waals surface area contributed by atoms with Crippen LogP contribution in [0.4, 0.5) is 0 Å². The predicted molar refractivity (Wildman–Crippen MR) is 42.3 cm³/mol. The summed E-state index contributed by atoms with van der Waals surface area (Å²) in [5.74, 6) is -0.207. The van der Waals surface area contributed by atoms with Gasteiger partial charge >= 0.3 is 0 Å². The largest absolute Gasteiger partial charge is 0.329 e. The predicted octanol–water partition coefficient (Wildman–Crippen LogP) is 1.38. The number of hydrogen-bond donors (Lipinski definition) is 1. The highest BCUT2D eigenvalue weighted by Gasteiger charge is 1.86. The first-order valence-corrected chi connectivity index (χ1v) is 2.93. The molecule has 0 fully saturated rings. The fourth-order valence-corrected chi connectivity index (χ4v) is 0.303. The van der Waals surface area contributed by atoms with Crippen LogP contribution in [0.2, 0.25) is 0 Å². The average Bonchev–Trinajstić information content (AvgIpc) is 1.99. The number of hydrogen-bond acceptors (Lipinski definition) is 1. The van der Waals surface area contributed by atoms with Crippen LogP contribution in [0.5, 0.6) is 0 Å². The summed E-state index contributed by atoms with van der Waals surface area (Å²) in [7, 11) is 0. The summed E-state index contributed by atoms with van der Waals surface area (Å²) in [5.41, 5.74) is 0.912. The van der Waals surface area contributed by atoms with Crippen molar-refractivity contribution in [2.24, 2.45) is 0 Å². The second-order valence-electron chi connectivity index (χ2n) is 1.81. The van der Waals surface area contributed by atoms with E-state index in [0.29, 0.717) is 0 Å². The van der Waals surface area contributed by atoms with Gasteiger partial charge in [0.05, 0.1) is 0 Å². The van der Waals surface area contributed by atoms with Gasteiger partial charge in [-0.25, -0.2) is 0 Å². The van der Waals surface area contributed by atoms with E-state index in [1.165, 1.54) is 6.08 Å². The van der Waals surface area contributed by atoms with E-state index in [4.69, 9.17) is 0 Å². The van der Waals surface area contributed by atoms with E-state index in [0.717, 1.165) is 5.57 Å². The first kappa shape index (κ1) is 8.69. The fraction of sp³-hybridized carbons (Fsp3) is 0.125. The molecule has 2 nitrogen and oxygen atoms in total. The third-order valence-corrected chi connectivity index (χ3v) is 0.949. The van der Waals surface area contributed by atoms with E-state index < -0.39 is 0 Å². The molecule has 0 aliphatic carbocycles. The monoisotopic (exact) mass is 137 g/mol. The molecule has 0 radical (unpaired) electrons. The van der Waals surface area contributed by atoms with Gasteiger partial charge in [-0.3, -0.25) is 4.79 Å². The van der Waals surface area contributed by atoms with Crippen LogP contribution in [0, 0.1) is 0 Å². The van der Waals surface area contributed by atoms with Crippen LogP contribution < -0.4 is 5.32 Å². The van der Waals surface area contributed by atoms with E-state index in [9.17, 15) is 4.79 Å². The molecule has 0 aromatic heterocycles. The van der Waals surface area contributed by atoms with Crippen molar-refractivity contribution >= 4 is 5.91 Å². The highest BCUT2D eigenvalue weighted by Crippen LogP contribution is 1.88. The maximum absolute atomic E-state index is 10.5. The van der Waals surface area contributed by atoms with E-state index in [1.54, 1.807) is 12.3 Å². The van der Waals surface area contributed by atoms with E-state index >= 15 is 0 Å². The molecule has 0 aliphatic heterocycles. The second kappa shape index (κ2) is 4.56. The van der Waals surface area contributed by atoms with Gasteiger partial charge in [-0.05, 0) is 18.6 Å². The molecule has 10 heavy (non-hydrogen) atoms. The van der Waals surface area contributed by atoms with Crippen molar-refractivity contribution in [2.45, 2.75) is 6.92 Å². The van der Waals surface area contributed by atoms with E-state index in [-0.39, 0.29) is 5.91 Å². The summed E-state index contributed by atoms with van der Waals surface area (Å²) >= 11 is 0. The quantitative estimate of drug-likeness (QED) is 0.462. The van der Waals surface area contributed by atoms with Crippen LogP contribution in [0.15, 0.2) is 37.1 Å². The zero-order valence-electron chi connectivity index (χ0n) is 6.05. The Morgan fingerprint density at radius 2 is 2.00 bits per heavy atom. The summed E-state index contributed by atoms with van der Waals surface area (Å²) in [6, 6.07) is 0. The SMILES string of the molecule is C=CC(=O)N/C=C(/C)C=C. The lowest BCUT2D eigenvalue weighted by atomic mass is 10.3. The van der Waals surface area contributed by atoms with Crippen molar-refractivity contribution in [1.82, 2.24) is 5.32 Å². The van der Waals surface area contributed by atoms with Crippen molar-refractivity contribution in [2.75, 3.05) is 0 Å². The summed E-state index contributed by atoms with van der Waals surface area (Å²) < 4.78 is 0. The van der Waals surface area contributed by atoms with Crippen LogP contribution >= 0.6 is 0 Å². The van der Waals surface area contributed by atoms with Crippen molar-refractivity contribution in [3.8, 4) is 0 Å². The molecule has 54 valence electrons. The van der Waals surface area contributed by atoms with Crippen LogP contribution in [-0.4, -0.2) is 5.91 Å². The Labute approximate surface area is 60.9 Å². The average molecular weight is 137 g/mol. The molecule has 0 aliphatic rings. The molecule has 1 N–H and O–H groups in total. The molecule has 0 saturated heterocycles. The summed E-state index contributed by atoms with van der Waals surface area (Å²) in [6.45, 7) is 8.66.